The molecule has 1 saturated heterocycles. The van der Waals surface area contributed by atoms with E-state index in [2.05, 4.69) is 54.1 Å². The summed E-state index contributed by atoms with van der Waals surface area (Å²) in [4.78, 5) is 20.5. The third kappa shape index (κ3) is 3.19. The highest BCUT2D eigenvalue weighted by Gasteiger charge is 2.27. The van der Waals surface area contributed by atoms with Gasteiger partial charge in [0.25, 0.3) is 0 Å². The van der Waals surface area contributed by atoms with Crippen LogP contribution in [0.15, 0.2) is 54.7 Å². The summed E-state index contributed by atoms with van der Waals surface area (Å²) in [6.07, 6.45) is 2.43. The molecule has 0 saturated carbocycles. The number of aryl methyl sites for hydroxylation is 1. The molecule has 1 aromatic heterocycles. The Balaban J connectivity index is 1.44. The maximum Gasteiger partial charge on any atom is 0.227 e. The Labute approximate surface area is 154 Å². The van der Waals surface area contributed by atoms with E-state index in [0.717, 1.165) is 36.1 Å². The third-order valence-corrected chi connectivity index (χ3v) is 5.33. The zero-order valence-electron chi connectivity index (χ0n) is 15.4. The number of hydrogen-bond donors (Lipinski definition) is 1. The van der Waals surface area contributed by atoms with E-state index in [0.29, 0.717) is 12.5 Å². The predicted molar refractivity (Wildman–Crippen MR) is 107 cm³/mol. The molecule has 4 nitrogen and oxygen atoms in total. The number of rotatable bonds is 3. The van der Waals surface area contributed by atoms with Crippen LogP contribution in [-0.4, -0.2) is 41.5 Å². The van der Waals surface area contributed by atoms with Crippen LogP contribution in [0.2, 0.25) is 0 Å². The van der Waals surface area contributed by atoms with Crippen LogP contribution < -0.4 is 4.90 Å². The molecule has 0 aliphatic carbocycles. The summed E-state index contributed by atoms with van der Waals surface area (Å²) in [5.74, 6) is 0.213. The van der Waals surface area contributed by atoms with Crippen LogP contribution in [-0.2, 0) is 11.2 Å². The second kappa shape index (κ2) is 6.87. The first-order valence-electron chi connectivity index (χ1n) is 9.28. The Morgan fingerprint density at radius 3 is 2.81 bits per heavy atom. The topological polar surface area (TPSA) is 39.3 Å². The quantitative estimate of drug-likeness (QED) is 0.784. The van der Waals surface area contributed by atoms with Gasteiger partial charge in [-0.1, -0.05) is 30.3 Å². The predicted octanol–water partition coefficient (Wildman–Crippen LogP) is 3.76. The molecule has 26 heavy (non-hydrogen) atoms. The van der Waals surface area contributed by atoms with Gasteiger partial charge in [-0.15, -0.1) is 0 Å². The van der Waals surface area contributed by atoms with Crippen molar-refractivity contribution in [3.05, 3.63) is 65.9 Å². The summed E-state index contributed by atoms with van der Waals surface area (Å²) in [6.45, 7) is 6.75. The van der Waals surface area contributed by atoms with E-state index in [-0.39, 0.29) is 5.91 Å². The van der Waals surface area contributed by atoms with E-state index in [1.165, 1.54) is 11.3 Å². The minimum Gasteiger partial charge on any atom is -0.365 e. The number of anilines is 1. The lowest BCUT2D eigenvalue weighted by molar-refractivity contribution is -0.131. The number of aromatic nitrogens is 1. The number of para-hydroxylation sites is 1. The van der Waals surface area contributed by atoms with Gasteiger partial charge in [0, 0.05) is 48.5 Å². The fraction of sp³-hybridized carbons (Fsp3) is 0.318. The summed E-state index contributed by atoms with van der Waals surface area (Å²) >= 11 is 0. The summed E-state index contributed by atoms with van der Waals surface area (Å²) in [7, 11) is 0. The fourth-order valence-corrected chi connectivity index (χ4v) is 3.93. The van der Waals surface area contributed by atoms with Crippen LogP contribution in [0.3, 0.4) is 0 Å². The number of amides is 1. The maximum atomic E-state index is 12.8. The Kier molecular flexibility index (Phi) is 4.41. The lowest BCUT2D eigenvalue weighted by Gasteiger charge is -2.41. The first-order chi connectivity index (χ1) is 12.6. The summed E-state index contributed by atoms with van der Waals surface area (Å²) < 4.78 is 0. The highest BCUT2D eigenvalue weighted by Crippen LogP contribution is 2.23. The molecule has 2 aromatic carbocycles. The number of carbonyl (C=O) groups excluding carboxylic acids is 1. The molecule has 0 radical (unpaired) electrons. The number of nitrogens with zero attached hydrogens (tertiary/aromatic N) is 2. The zero-order chi connectivity index (χ0) is 18.1. The third-order valence-electron chi connectivity index (χ3n) is 5.33. The normalized spacial score (nSPS) is 17.7. The molecule has 1 atom stereocenters. The number of aromatic amines is 1. The average Bonchev–Trinajstić information content (AvgIpc) is 3.04. The van der Waals surface area contributed by atoms with Gasteiger partial charge >= 0.3 is 0 Å². The maximum absolute atomic E-state index is 12.8. The van der Waals surface area contributed by atoms with Crippen LogP contribution >= 0.6 is 0 Å². The molecule has 0 spiro atoms. The molecule has 1 fully saturated rings. The van der Waals surface area contributed by atoms with E-state index in [4.69, 9.17) is 0 Å². The Morgan fingerprint density at radius 1 is 1.15 bits per heavy atom. The van der Waals surface area contributed by atoms with Gasteiger partial charge in [0.15, 0.2) is 0 Å². The molecule has 1 N–H and O–H groups in total. The first kappa shape index (κ1) is 16.7. The lowest BCUT2D eigenvalue weighted by atomic mass is 10.1. The fourth-order valence-electron chi connectivity index (χ4n) is 3.93. The highest BCUT2D eigenvalue weighted by atomic mass is 16.2. The second-order valence-corrected chi connectivity index (χ2v) is 7.26. The van der Waals surface area contributed by atoms with Gasteiger partial charge in [0.2, 0.25) is 5.91 Å². The average molecular weight is 347 g/mol. The standard InChI is InChI=1S/C22H25N3O/c1-16-6-5-7-19(12-16)25-11-10-24(15-17(25)2)22(26)13-18-14-23-21-9-4-3-8-20(18)21/h3-9,12,14,17,23H,10-11,13,15H2,1-2H3/t17-/m0/s1. The van der Waals surface area contributed by atoms with Crippen molar-refractivity contribution in [1.82, 2.24) is 9.88 Å². The summed E-state index contributed by atoms with van der Waals surface area (Å²) in [6, 6.07) is 17.1. The van der Waals surface area contributed by atoms with Gasteiger partial charge < -0.3 is 14.8 Å². The molecule has 134 valence electrons. The second-order valence-electron chi connectivity index (χ2n) is 7.26. The Hall–Kier alpha value is -2.75. The lowest BCUT2D eigenvalue weighted by Crippen LogP contribution is -2.54. The van der Waals surface area contributed by atoms with Crippen molar-refractivity contribution in [3.8, 4) is 0 Å². The van der Waals surface area contributed by atoms with Crippen molar-refractivity contribution in [2.45, 2.75) is 26.3 Å². The molecule has 2 heterocycles. The number of carbonyl (C=O) groups is 1. The molecule has 1 aliphatic rings. The van der Waals surface area contributed by atoms with Gasteiger partial charge in [-0.3, -0.25) is 4.79 Å². The van der Waals surface area contributed by atoms with E-state index >= 15 is 0 Å². The monoisotopic (exact) mass is 347 g/mol. The molecule has 3 aromatic rings. The molecule has 1 amide bonds. The van der Waals surface area contributed by atoms with Crippen molar-refractivity contribution in [2.24, 2.45) is 0 Å². The molecule has 4 heteroatoms. The summed E-state index contributed by atoms with van der Waals surface area (Å²) in [5, 5.41) is 1.15. The zero-order valence-corrected chi connectivity index (χ0v) is 15.4. The van der Waals surface area contributed by atoms with Gasteiger partial charge in [-0.2, -0.15) is 0 Å². The van der Waals surface area contributed by atoms with Crippen LogP contribution in [0.5, 0.6) is 0 Å². The Bertz CT molecular complexity index is 930. The van der Waals surface area contributed by atoms with Crippen LogP contribution in [0.1, 0.15) is 18.1 Å². The van der Waals surface area contributed by atoms with Crippen molar-refractivity contribution >= 4 is 22.5 Å². The first-order valence-corrected chi connectivity index (χ1v) is 9.28. The minimum absolute atomic E-state index is 0.213. The number of piperazine rings is 1. The summed E-state index contributed by atoms with van der Waals surface area (Å²) in [5.41, 5.74) is 4.70. The highest BCUT2D eigenvalue weighted by molar-refractivity contribution is 5.89. The van der Waals surface area contributed by atoms with E-state index in [9.17, 15) is 4.79 Å². The van der Waals surface area contributed by atoms with Crippen molar-refractivity contribution < 1.29 is 4.79 Å². The smallest absolute Gasteiger partial charge is 0.227 e. The number of H-pyrrole nitrogens is 1. The molecular weight excluding hydrogens is 322 g/mol. The van der Waals surface area contributed by atoms with Crippen LogP contribution in [0.25, 0.3) is 10.9 Å². The number of hydrogen-bond acceptors (Lipinski definition) is 2. The molecule has 0 unspecified atom stereocenters. The van der Waals surface area contributed by atoms with E-state index in [1.807, 2.05) is 29.3 Å². The van der Waals surface area contributed by atoms with Gasteiger partial charge in [-0.05, 0) is 43.2 Å². The number of fused-ring (bicyclic) bond motifs is 1. The van der Waals surface area contributed by atoms with Gasteiger partial charge in [-0.25, -0.2) is 0 Å². The number of benzene rings is 2. The largest absolute Gasteiger partial charge is 0.365 e. The van der Waals surface area contributed by atoms with Gasteiger partial charge in [0.1, 0.15) is 0 Å². The molecular formula is C22H25N3O. The number of nitrogens with one attached hydrogen (secondary N) is 1. The van der Waals surface area contributed by atoms with E-state index in [1.54, 1.807) is 0 Å². The molecule has 4 rings (SSSR count). The van der Waals surface area contributed by atoms with Crippen LogP contribution in [0, 0.1) is 6.92 Å². The van der Waals surface area contributed by atoms with Crippen molar-refractivity contribution in [2.75, 3.05) is 24.5 Å². The van der Waals surface area contributed by atoms with Gasteiger partial charge in [0.05, 0.1) is 6.42 Å². The van der Waals surface area contributed by atoms with Crippen molar-refractivity contribution in [3.63, 3.8) is 0 Å². The van der Waals surface area contributed by atoms with Crippen LogP contribution in [0.4, 0.5) is 5.69 Å². The van der Waals surface area contributed by atoms with E-state index < -0.39 is 0 Å². The Morgan fingerprint density at radius 2 is 2.00 bits per heavy atom. The molecule has 1 aliphatic heterocycles. The molecule has 0 bridgehead atoms. The minimum atomic E-state index is 0.213. The SMILES string of the molecule is Cc1cccc(N2CCN(C(=O)Cc3c[nH]c4ccccc34)C[C@@H]2C)c1. The van der Waals surface area contributed by atoms with Crippen molar-refractivity contribution in [1.29, 1.82) is 0 Å².